The quantitative estimate of drug-likeness (QED) is 0.728. The van der Waals surface area contributed by atoms with E-state index in [9.17, 15) is 4.79 Å². The van der Waals surface area contributed by atoms with E-state index in [1.807, 2.05) is 49.4 Å². The Bertz CT molecular complexity index is 704. The number of amides is 2. The van der Waals surface area contributed by atoms with Crippen LogP contribution in [0.25, 0.3) is 0 Å². The lowest BCUT2D eigenvalue weighted by molar-refractivity contribution is 0.238. The van der Waals surface area contributed by atoms with Crippen molar-refractivity contribution in [3.8, 4) is 11.5 Å². The first kappa shape index (κ1) is 19.1. The smallest absolute Gasteiger partial charge is 0.315 e. The van der Waals surface area contributed by atoms with Gasteiger partial charge in [-0.2, -0.15) is 0 Å². The highest BCUT2D eigenvalue weighted by molar-refractivity contribution is 9.10. The van der Waals surface area contributed by atoms with Gasteiger partial charge >= 0.3 is 6.03 Å². The maximum absolute atomic E-state index is 12.0. The molecule has 0 heterocycles. The van der Waals surface area contributed by atoms with E-state index in [-0.39, 0.29) is 12.1 Å². The molecule has 0 aromatic heterocycles. The molecule has 0 aliphatic rings. The number of halogens is 1. The van der Waals surface area contributed by atoms with Crippen LogP contribution in [0.4, 0.5) is 4.79 Å². The maximum atomic E-state index is 12.0. The van der Waals surface area contributed by atoms with Crippen molar-refractivity contribution in [3.63, 3.8) is 0 Å². The van der Waals surface area contributed by atoms with Crippen LogP contribution < -0.4 is 20.1 Å². The molecular formula is C19H23BrN2O3. The Morgan fingerprint density at radius 3 is 2.40 bits per heavy atom. The van der Waals surface area contributed by atoms with Crippen LogP contribution in [0.15, 0.2) is 46.9 Å². The van der Waals surface area contributed by atoms with Crippen molar-refractivity contribution in [2.45, 2.75) is 19.4 Å². The molecule has 0 bridgehead atoms. The molecule has 2 aromatic rings. The van der Waals surface area contributed by atoms with Gasteiger partial charge < -0.3 is 20.1 Å². The number of urea groups is 1. The summed E-state index contributed by atoms with van der Waals surface area (Å²) in [6.45, 7) is 2.49. The Labute approximate surface area is 156 Å². The van der Waals surface area contributed by atoms with Gasteiger partial charge in [0.1, 0.15) is 0 Å². The molecule has 0 saturated carbocycles. The minimum Gasteiger partial charge on any atom is -0.493 e. The summed E-state index contributed by atoms with van der Waals surface area (Å²) in [4.78, 5) is 12.0. The number of ether oxygens (including phenoxy) is 2. The van der Waals surface area contributed by atoms with E-state index in [0.29, 0.717) is 24.5 Å². The fourth-order valence-corrected chi connectivity index (χ4v) is 2.70. The molecule has 5 nitrogen and oxygen atoms in total. The van der Waals surface area contributed by atoms with Gasteiger partial charge in [-0.1, -0.05) is 34.1 Å². The van der Waals surface area contributed by atoms with Crippen LogP contribution in [0.3, 0.4) is 0 Å². The lowest BCUT2D eigenvalue weighted by Crippen LogP contribution is -2.38. The van der Waals surface area contributed by atoms with Gasteiger partial charge in [0.25, 0.3) is 0 Å². The minimum absolute atomic E-state index is 0.0609. The zero-order valence-corrected chi connectivity index (χ0v) is 16.2. The molecule has 2 amide bonds. The third-order valence-electron chi connectivity index (χ3n) is 3.86. The number of benzene rings is 2. The van der Waals surface area contributed by atoms with Crippen molar-refractivity contribution in [2.24, 2.45) is 0 Å². The topological polar surface area (TPSA) is 59.6 Å². The van der Waals surface area contributed by atoms with Gasteiger partial charge in [0, 0.05) is 11.0 Å². The summed E-state index contributed by atoms with van der Waals surface area (Å²) in [5.74, 6) is 1.38. The largest absolute Gasteiger partial charge is 0.493 e. The highest BCUT2D eigenvalue weighted by Gasteiger charge is 2.09. The van der Waals surface area contributed by atoms with E-state index in [1.165, 1.54) is 0 Å². The van der Waals surface area contributed by atoms with Gasteiger partial charge in [-0.3, -0.25) is 0 Å². The predicted molar refractivity (Wildman–Crippen MR) is 102 cm³/mol. The zero-order chi connectivity index (χ0) is 18.2. The van der Waals surface area contributed by atoms with Gasteiger partial charge in [0.15, 0.2) is 11.5 Å². The molecular weight excluding hydrogens is 384 g/mol. The Balaban J connectivity index is 1.81. The monoisotopic (exact) mass is 406 g/mol. The molecule has 2 rings (SSSR count). The first-order valence-corrected chi connectivity index (χ1v) is 8.83. The van der Waals surface area contributed by atoms with Crippen LogP contribution in [0.5, 0.6) is 11.5 Å². The van der Waals surface area contributed by atoms with Crippen molar-refractivity contribution < 1.29 is 14.3 Å². The fourth-order valence-electron chi connectivity index (χ4n) is 2.44. The van der Waals surface area contributed by atoms with Crippen molar-refractivity contribution in [1.82, 2.24) is 10.6 Å². The number of hydrogen-bond donors (Lipinski definition) is 2. The normalized spacial score (nSPS) is 11.5. The first-order chi connectivity index (χ1) is 12.0. The second-order valence-corrected chi connectivity index (χ2v) is 6.53. The predicted octanol–water partition coefficient (Wildman–Crippen LogP) is 4.07. The van der Waals surface area contributed by atoms with Crippen LogP contribution >= 0.6 is 15.9 Å². The van der Waals surface area contributed by atoms with Crippen LogP contribution in [0.1, 0.15) is 24.1 Å². The summed E-state index contributed by atoms with van der Waals surface area (Å²) in [6.07, 6.45) is 0.709. The maximum Gasteiger partial charge on any atom is 0.315 e. The minimum atomic E-state index is -0.184. The highest BCUT2D eigenvalue weighted by atomic mass is 79.9. The molecule has 0 saturated heterocycles. The average molecular weight is 407 g/mol. The molecule has 2 N–H and O–H groups in total. The molecule has 25 heavy (non-hydrogen) atoms. The first-order valence-electron chi connectivity index (χ1n) is 8.04. The van der Waals surface area contributed by atoms with Crippen LogP contribution in [0.2, 0.25) is 0 Å². The van der Waals surface area contributed by atoms with Gasteiger partial charge in [0.2, 0.25) is 0 Å². The van der Waals surface area contributed by atoms with Crippen molar-refractivity contribution >= 4 is 22.0 Å². The summed E-state index contributed by atoms with van der Waals surface area (Å²) >= 11 is 3.40. The molecule has 0 radical (unpaired) electrons. The number of carbonyl (C=O) groups excluding carboxylic acids is 1. The van der Waals surface area contributed by atoms with Gasteiger partial charge in [0.05, 0.1) is 20.3 Å². The van der Waals surface area contributed by atoms with Crippen LogP contribution in [-0.2, 0) is 6.42 Å². The third-order valence-corrected chi connectivity index (χ3v) is 4.39. The van der Waals surface area contributed by atoms with E-state index in [1.54, 1.807) is 14.2 Å². The number of rotatable bonds is 7. The van der Waals surface area contributed by atoms with E-state index in [0.717, 1.165) is 15.6 Å². The Kier molecular flexibility index (Phi) is 7.13. The lowest BCUT2D eigenvalue weighted by atomic mass is 10.1. The summed E-state index contributed by atoms with van der Waals surface area (Å²) in [5, 5.41) is 5.81. The number of hydrogen-bond acceptors (Lipinski definition) is 3. The molecule has 0 fully saturated rings. The third kappa shape index (κ3) is 5.67. The molecule has 6 heteroatoms. The second-order valence-electron chi connectivity index (χ2n) is 5.61. The lowest BCUT2D eigenvalue weighted by Gasteiger charge is -2.15. The van der Waals surface area contributed by atoms with E-state index >= 15 is 0 Å². The average Bonchev–Trinajstić information content (AvgIpc) is 2.62. The molecule has 134 valence electrons. The molecule has 0 aliphatic heterocycles. The SMILES string of the molecule is COc1ccc(CCNC(=O)N[C@@H](C)c2ccc(Br)cc2)cc1OC. The Morgan fingerprint density at radius 1 is 1.08 bits per heavy atom. The highest BCUT2D eigenvalue weighted by Crippen LogP contribution is 2.27. The molecule has 0 aliphatic carbocycles. The summed E-state index contributed by atoms with van der Waals surface area (Å²) in [5.41, 5.74) is 2.12. The zero-order valence-electron chi connectivity index (χ0n) is 14.6. The van der Waals surface area contributed by atoms with E-state index in [4.69, 9.17) is 9.47 Å². The summed E-state index contributed by atoms with van der Waals surface area (Å²) in [7, 11) is 3.22. The van der Waals surface area contributed by atoms with Gasteiger partial charge in [-0.05, 0) is 48.7 Å². The fraction of sp³-hybridized carbons (Fsp3) is 0.316. The molecule has 0 unspecified atom stereocenters. The van der Waals surface area contributed by atoms with Crippen molar-refractivity contribution in [2.75, 3.05) is 20.8 Å². The molecule has 1 atom stereocenters. The van der Waals surface area contributed by atoms with Crippen molar-refractivity contribution in [1.29, 1.82) is 0 Å². The van der Waals surface area contributed by atoms with Gasteiger partial charge in [-0.25, -0.2) is 4.79 Å². The van der Waals surface area contributed by atoms with E-state index < -0.39 is 0 Å². The standard InChI is InChI=1S/C19H23BrN2O3/c1-13(15-5-7-16(20)8-6-15)22-19(23)21-11-10-14-4-9-17(24-2)18(12-14)25-3/h4-9,12-13H,10-11H2,1-3H3,(H2,21,22,23)/t13-/m0/s1. The Hall–Kier alpha value is -2.21. The van der Waals surface area contributed by atoms with Gasteiger partial charge in [-0.15, -0.1) is 0 Å². The second kappa shape index (κ2) is 9.32. The van der Waals surface area contributed by atoms with Crippen LogP contribution in [-0.4, -0.2) is 26.8 Å². The number of carbonyl (C=O) groups is 1. The number of methoxy groups -OCH3 is 2. The van der Waals surface area contributed by atoms with Crippen LogP contribution in [0, 0.1) is 0 Å². The Morgan fingerprint density at radius 2 is 1.76 bits per heavy atom. The molecule has 2 aromatic carbocycles. The summed E-state index contributed by atoms with van der Waals surface area (Å²) in [6, 6.07) is 13.4. The van der Waals surface area contributed by atoms with E-state index in [2.05, 4.69) is 26.6 Å². The van der Waals surface area contributed by atoms with Crippen molar-refractivity contribution in [3.05, 3.63) is 58.1 Å². The molecule has 0 spiro atoms. The number of nitrogens with one attached hydrogen (secondary N) is 2. The summed E-state index contributed by atoms with van der Waals surface area (Å²) < 4.78 is 11.5.